The molecule has 2 N–H and O–H groups in total. The van der Waals surface area contributed by atoms with E-state index in [-0.39, 0.29) is 12.1 Å². The van der Waals surface area contributed by atoms with E-state index >= 15 is 0 Å². The summed E-state index contributed by atoms with van der Waals surface area (Å²) in [5.41, 5.74) is 0.174. The van der Waals surface area contributed by atoms with Gasteiger partial charge in [0.2, 0.25) is 0 Å². The highest BCUT2D eigenvalue weighted by Crippen LogP contribution is 2.16. The molecule has 1 heterocycles. The zero-order chi connectivity index (χ0) is 11.5. The predicted octanol–water partition coefficient (Wildman–Crippen LogP) is 1.08. The normalized spacial score (nSPS) is 27.2. The van der Waals surface area contributed by atoms with Crippen LogP contribution in [-0.4, -0.2) is 47.8 Å². The maximum atomic E-state index is 9.00. The Hall–Kier alpha value is -0.120. The van der Waals surface area contributed by atoms with Gasteiger partial charge in [-0.05, 0) is 26.2 Å². The Morgan fingerprint density at radius 3 is 2.67 bits per heavy atom. The Labute approximate surface area is 93.9 Å². The van der Waals surface area contributed by atoms with Gasteiger partial charge in [-0.15, -0.1) is 0 Å². The average Bonchev–Trinajstić information content (AvgIpc) is 1.99. The molecule has 1 rings (SSSR count). The lowest BCUT2D eigenvalue weighted by Crippen LogP contribution is -2.62. The fraction of sp³-hybridized carbons (Fsp3) is 1.00. The molecule has 0 amide bonds. The van der Waals surface area contributed by atoms with E-state index in [2.05, 4.69) is 37.9 Å². The third kappa shape index (κ3) is 4.49. The smallest absolute Gasteiger partial charge is 0.0446 e. The summed E-state index contributed by atoms with van der Waals surface area (Å²) in [4.78, 5) is 2.52. The molecule has 1 aliphatic rings. The zero-order valence-corrected chi connectivity index (χ0v) is 10.6. The second-order valence-corrected chi connectivity index (χ2v) is 5.83. The maximum absolute atomic E-state index is 9.00. The minimum absolute atomic E-state index is 0.174. The topological polar surface area (TPSA) is 35.5 Å². The molecule has 0 spiro atoms. The second kappa shape index (κ2) is 5.28. The molecule has 1 saturated heterocycles. The number of piperazine rings is 1. The van der Waals surface area contributed by atoms with Crippen LogP contribution in [0.4, 0.5) is 0 Å². The molecule has 0 aromatic heterocycles. The quantitative estimate of drug-likeness (QED) is 0.735. The number of hydrogen-bond donors (Lipinski definition) is 2. The van der Waals surface area contributed by atoms with Crippen LogP contribution in [0.5, 0.6) is 0 Å². The van der Waals surface area contributed by atoms with Gasteiger partial charge in [-0.2, -0.15) is 0 Å². The predicted molar refractivity (Wildman–Crippen MR) is 64.0 cm³/mol. The molecule has 1 aliphatic heterocycles. The van der Waals surface area contributed by atoms with Crippen molar-refractivity contribution in [1.29, 1.82) is 0 Å². The minimum Gasteiger partial charge on any atom is -0.396 e. The van der Waals surface area contributed by atoms with Crippen molar-refractivity contribution in [1.82, 2.24) is 10.2 Å². The summed E-state index contributed by atoms with van der Waals surface area (Å²) in [6.45, 7) is 12.6. The fourth-order valence-electron chi connectivity index (χ4n) is 2.55. The number of hydrogen-bond acceptors (Lipinski definition) is 3. The zero-order valence-electron chi connectivity index (χ0n) is 10.6. The first kappa shape index (κ1) is 12.9. The molecule has 0 aliphatic carbocycles. The van der Waals surface area contributed by atoms with Crippen LogP contribution >= 0.6 is 0 Å². The summed E-state index contributed by atoms with van der Waals surface area (Å²) in [5, 5.41) is 12.6. The molecule has 0 aromatic carbocycles. The first-order chi connectivity index (χ1) is 6.93. The lowest BCUT2D eigenvalue weighted by molar-refractivity contribution is 0.0944. The fourth-order valence-corrected chi connectivity index (χ4v) is 2.55. The molecule has 1 unspecified atom stereocenters. The summed E-state index contributed by atoms with van der Waals surface area (Å²) < 4.78 is 0. The Kier molecular flexibility index (Phi) is 4.56. The largest absolute Gasteiger partial charge is 0.396 e. The lowest BCUT2D eigenvalue weighted by atomic mass is 9.96. The van der Waals surface area contributed by atoms with Crippen LogP contribution in [0.2, 0.25) is 0 Å². The Balaban J connectivity index is 2.51. The van der Waals surface area contributed by atoms with Crippen molar-refractivity contribution in [3.63, 3.8) is 0 Å². The third-order valence-corrected chi connectivity index (χ3v) is 2.79. The van der Waals surface area contributed by atoms with E-state index in [1.807, 2.05) is 0 Å². The van der Waals surface area contributed by atoms with Gasteiger partial charge in [0.05, 0.1) is 0 Å². The molecule has 15 heavy (non-hydrogen) atoms. The van der Waals surface area contributed by atoms with Gasteiger partial charge < -0.3 is 10.4 Å². The van der Waals surface area contributed by atoms with Crippen molar-refractivity contribution in [2.24, 2.45) is 5.92 Å². The molecule has 1 atom stereocenters. The van der Waals surface area contributed by atoms with E-state index in [4.69, 9.17) is 5.11 Å². The van der Waals surface area contributed by atoms with Crippen molar-refractivity contribution >= 4 is 0 Å². The monoisotopic (exact) mass is 214 g/mol. The van der Waals surface area contributed by atoms with Crippen molar-refractivity contribution in [2.45, 2.75) is 45.7 Å². The van der Waals surface area contributed by atoms with Gasteiger partial charge in [-0.25, -0.2) is 0 Å². The van der Waals surface area contributed by atoms with E-state index in [9.17, 15) is 0 Å². The summed E-state index contributed by atoms with van der Waals surface area (Å²) in [5.74, 6) is 0.716. The minimum atomic E-state index is 0.174. The van der Waals surface area contributed by atoms with E-state index in [1.165, 1.54) is 0 Å². The van der Waals surface area contributed by atoms with Crippen LogP contribution in [0.25, 0.3) is 0 Å². The number of rotatable bonds is 4. The molecule has 0 aromatic rings. The van der Waals surface area contributed by atoms with Gasteiger partial charge in [0.15, 0.2) is 0 Å². The summed E-state index contributed by atoms with van der Waals surface area (Å²) in [6, 6.07) is 0.442. The van der Waals surface area contributed by atoms with Gasteiger partial charge >= 0.3 is 0 Å². The molecule has 0 bridgehead atoms. The summed E-state index contributed by atoms with van der Waals surface area (Å²) >= 11 is 0. The lowest BCUT2D eigenvalue weighted by Gasteiger charge is -2.44. The van der Waals surface area contributed by atoms with E-state index in [0.717, 1.165) is 26.1 Å². The van der Waals surface area contributed by atoms with Crippen LogP contribution < -0.4 is 5.32 Å². The number of nitrogens with zero attached hydrogens (tertiary/aromatic N) is 1. The van der Waals surface area contributed by atoms with Crippen molar-refractivity contribution in [3.05, 3.63) is 0 Å². The molecule has 90 valence electrons. The molecule has 1 fully saturated rings. The highest BCUT2D eigenvalue weighted by atomic mass is 16.3. The van der Waals surface area contributed by atoms with Crippen LogP contribution in [0.1, 0.15) is 34.1 Å². The van der Waals surface area contributed by atoms with Gasteiger partial charge in [-0.1, -0.05) is 13.8 Å². The van der Waals surface area contributed by atoms with Gasteiger partial charge in [0.1, 0.15) is 0 Å². The molecule has 3 heteroatoms. The number of aliphatic hydroxyl groups is 1. The van der Waals surface area contributed by atoms with E-state index in [1.54, 1.807) is 0 Å². The third-order valence-electron chi connectivity index (χ3n) is 2.79. The van der Waals surface area contributed by atoms with Crippen LogP contribution in [-0.2, 0) is 0 Å². The van der Waals surface area contributed by atoms with Gasteiger partial charge in [0, 0.05) is 37.8 Å². The van der Waals surface area contributed by atoms with Crippen LogP contribution in [0.3, 0.4) is 0 Å². The Morgan fingerprint density at radius 1 is 1.47 bits per heavy atom. The SMILES string of the molecule is CC(C)CN1CC(CCO)NC(C)(C)C1. The highest BCUT2D eigenvalue weighted by molar-refractivity contribution is 4.92. The highest BCUT2D eigenvalue weighted by Gasteiger charge is 2.31. The van der Waals surface area contributed by atoms with Crippen molar-refractivity contribution < 1.29 is 5.11 Å². The molecule has 3 nitrogen and oxygen atoms in total. The van der Waals surface area contributed by atoms with Crippen LogP contribution in [0.15, 0.2) is 0 Å². The molecular formula is C12H26N2O. The van der Waals surface area contributed by atoms with E-state index in [0.29, 0.717) is 12.0 Å². The van der Waals surface area contributed by atoms with Crippen molar-refractivity contribution in [3.8, 4) is 0 Å². The number of aliphatic hydroxyl groups excluding tert-OH is 1. The van der Waals surface area contributed by atoms with Crippen LogP contribution in [0, 0.1) is 5.92 Å². The first-order valence-electron chi connectivity index (χ1n) is 6.04. The molecule has 0 saturated carbocycles. The Morgan fingerprint density at radius 2 is 2.13 bits per heavy atom. The molecule has 0 radical (unpaired) electrons. The summed E-state index contributed by atoms with van der Waals surface area (Å²) in [6.07, 6.45) is 0.859. The second-order valence-electron chi connectivity index (χ2n) is 5.83. The van der Waals surface area contributed by atoms with Gasteiger partial charge in [0.25, 0.3) is 0 Å². The standard InChI is InChI=1S/C12H26N2O/c1-10(2)7-14-8-11(5-6-15)13-12(3,4)9-14/h10-11,13,15H,5-9H2,1-4H3. The maximum Gasteiger partial charge on any atom is 0.0446 e. The average molecular weight is 214 g/mol. The number of nitrogens with one attached hydrogen (secondary N) is 1. The molecular weight excluding hydrogens is 188 g/mol. The van der Waals surface area contributed by atoms with E-state index < -0.39 is 0 Å². The van der Waals surface area contributed by atoms with Gasteiger partial charge in [-0.3, -0.25) is 4.90 Å². The Bertz CT molecular complexity index is 192. The van der Waals surface area contributed by atoms with Crippen molar-refractivity contribution in [2.75, 3.05) is 26.2 Å². The first-order valence-corrected chi connectivity index (χ1v) is 6.04. The summed E-state index contributed by atoms with van der Waals surface area (Å²) in [7, 11) is 0.